The predicted octanol–water partition coefficient (Wildman–Crippen LogP) is 1.27. The van der Waals surface area contributed by atoms with E-state index in [9.17, 15) is 13.2 Å². The summed E-state index contributed by atoms with van der Waals surface area (Å²) in [6, 6.07) is 11.5. The molecule has 1 aliphatic rings. The first-order chi connectivity index (χ1) is 12.0. The number of carbonyl (C=O) groups is 1. The number of aromatic amines is 1. The maximum absolute atomic E-state index is 12.5. The fourth-order valence-corrected chi connectivity index (χ4v) is 4.46. The predicted molar refractivity (Wildman–Crippen MR) is 96.6 cm³/mol. The standard InChI is InChI=1S/C18H23N3O3S/c22-18(14-17-6-8-19-15-17)20-9-11-21(12-10-20)25(23,24)13-7-16-4-2-1-3-5-16/h1-6,8,15,19H,7,9-14H2. The quantitative estimate of drug-likeness (QED) is 0.842. The molecule has 0 bridgehead atoms. The summed E-state index contributed by atoms with van der Waals surface area (Å²) < 4.78 is 26.5. The lowest BCUT2D eigenvalue weighted by Crippen LogP contribution is -2.51. The highest BCUT2D eigenvalue weighted by atomic mass is 32.2. The van der Waals surface area contributed by atoms with Gasteiger partial charge in [0.2, 0.25) is 15.9 Å². The van der Waals surface area contributed by atoms with Gasteiger partial charge in [0.05, 0.1) is 12.2 Å². The molecular formula is C18H23N3O3S. The Morgan fingerprint density at radius 2 is 1.72 bits per heavy atom. The van der Waals surface area contributed by atoms with Crippen molar-refractivity contribution in [2.24, 2.45) is 0 Å². The Morgan fingerprint density at radius 3 is 2.36 bits per heavy atom. The fourth-order valence-electron chi connectivity index (χ4n) is 2.99. The van der Waals surface area contributed by atoms with Crippen LogP contribution >= 0.6 is 0 Å². The van der Waals surface area contributed by atoms with E-state index in [0.717, 1.165) is 11.1 Å². The Balaban J connectivity index is 1.50. The number of H-pyrrole nitrogens is 1. The topological polar surface area (TPSA) is 73.5 Å². The summed E-state index contributed by atoms with van der Waals surface area (Å²) in [6.07, 6.45) is 4.46. The van der Waals surface area contributed by atoms with Gasteiger partial charge in [-0.05, 0) is 23.6 Å². The van der Waals surface area contributed by atoms with Crippen LogP contribution in [0.1, 0.15) is 11.1 Å². The van der Waals surface area contributed by atoms with Crippen molar-refractivity contribution in [3.63, 3.8) is 0 Å². The zero-order valence-corrected chi connectivity index (χ0v) is 14.9. The maximum atomic E-state index is 12.5. The van der Waals surface area contributed by atoms with Gasteiger partial charge in [-0.1, -0.05) is 30.3 Å². The van der Waals surface area contributed by atoms with E-state index < -0.39 is 10.0 Å². The highest BCUT2D eigenvalue weighted by molar-refractivity contribution is 7.89. The first-order valence-corrected chi connectivity index (χ1v) is 10.1. The first-order valence-electron chi connectivity index (χ1n) is 8.46. The van der Waals surface area contributed by atoms with E-state index >= 15 is 0 Å². The molecule has 1 saturated heterocycles. The number of amides is 1. The van der Waals surface area contributed by atoms with Gasteiger partial charge in [0, 0.05) is 38.6 Å². The molecule has 2 aromatic rings. The van der Waals surface area contributed by atoms with Crippen LogP contribution in [0.25, 0.3) is 0 Å². The van der Waals surface area contributed by atoms with Gasteiger partial charge in [-0.2, -0.15) is 4.31 Å². The number of sulfonamides is 1. The van der Waals surface area contributed by atoms with Gasteiger partial charge in [0.15, 0.2) is 0 Å². The van der Waals surface area contributed by atoms with Crippen LogP contribution in [0.3, 0.4) is 0 Å². The molecule has 0 spiro atoms. The molecule has 0 atom stereocenters. The van der Waals surface area contributed by atoms with Crippen molar-refractivity contribution in [1.82, 2.24) is 14.2 Å². The van der Waals surface area contributed by atoms with Gasteiger partial charge in [0.25, 0.3) is 0 Å². The normalized spacial score (nSPS) is 16.1. The molecule has 7 heteroatoms. The second-order valence-electron chi connectivity index (χ2n) is 6.23. The summed E-state index contributed by atoms with van der Waals surface area (Å²) in [7, 11) is -3.29. The highest BCUT2D eigenvalue weighted by Gasteiger charge is 2.28. The minimum absolute atomic E-state index is 0.0425. The number of aromatic nitrogens is 1. The molecular weight excluding hydrogens is 338 g/mol. The average Bonchev–Trinajstić information content (AvgIpc) is 3.14. The van der Waals surface area contributed by atoms with E-state index in [1.54, 1.807) is 11.1 Å². The summed E-state index contributed by atoms with van der Waals surface area (Å²) in [4.78, 5) is 17.0. The molecule has 6 nitrogen and oxygen atoms in total. The number of hydrogen-bond donors (Lipinski definition) is 1. The third-order valence-corrected chi connectivity index (χ3v) is 6.37. The number of carbonyl (C=O) groups excluding carboxylic acids is 1. The van der Waals surface area contributed by atoms with Gasteiger partial charge in [-0.25, -0.2) is 8.42 Å². The summed E-state index contributed by atoms with van der Waals surface area (Å²) in [5, 5.41) is 0. The van der Waals surface area contributed by atoms with Crippen LogP contribution < -0.4 is 0 Å². The lowest BCUT2D eigenvalue weighted by molar-refractivity contribution is -0.131. The van der Waals surface area contributed by atoms with Gasteiger partial charge < -0.3 is 9.88 Å². The number of aryl methyl sites for hydroxylation is 1. The number of benzene rings is 1. The van der Waals surface area contributed by atoms with Gasteiger partial charge in [-0.15, -0.1) is 0 Å². The van der Waals surface area contributed by atoms with Crippen molar-refractivity contribution < 1.29 is 13.2 Å². The number of nitrogens with one attached hydrogen (secondary N) is 1. The smallest absolute Gasteiger partial charge is 0.227 e. The van der Waals surface area contributed by atoms with Crippen LogP contribution in [0.4, 0.5) is 0 Å². The van der Waals surface area contributed by atoms with E-state index in [0.29, 0.717) is 39.0 Å². The molecule has 2 heterocycles. The lowest BCUT2D eigenvalue weighted by atomic mass is 10.2. The molecule has 1 N–H and O–H groups in total. The third kappa shape index (κ3) is 4.70. The molecule has 0 radical (unpaired) electrons. The summed E-state index contributed by atoms with van der Waals surface area (Å²) >= 11 is 0. The number of piperazine rings is 1. The molecule has 0 aliphatic carbocycles. The molecule has 1 amide bonds. The molecule has 0 saturated carbocycles. The van der Waals surface area contributed by atoms with Crippen molar-refractivity contribution in [1.29, 1.82) is 0 Å². The van der Waals surface area contributed by atoms with E-state index in [-0.39, 0.29) is 11.7 Å². The summed E-state index contributed by atoms with van der Waals surface area (Å²) in [5.74, 6) is 0.148. The van der Waals surface area contributed by atoms with E-state index in [1.807, 2.05) is 42.6 Å². The highest BCUT2D eigenvalue weighted by Crippen LogP contribution is 2.12. The van der Waals surface area contributed by atoms with E-state index in [1.165, 1.54) is 4.31 Å². The van der Waals surface area contributed by atoms with Crippen molar-refractivity contribution in [2.45, 2.75) is 12.8 Å². The molecule has 1 aromatic heterocycles. The number of hydrogen-bond acceptors (Lipinski definition) is 3. The average molecular weight is 361 g/mol. The Labute approximate surface area is 148 Å². The fraction of sp³-hybridized carbons (Fsp3) is 0.389. The molecule has 1 aromatic carbocycles. The molecule has 1 aliphatic heterocycles. The minimum atomic E-state index is -3.29. The number of nitrogens with zero attached hydrogens (tertiary/aromatic N) is 2. The molecule has 25 heavy (non-hydrogen) atoms. The van der Waals surface area contributed by atoms with Crippen LogP contribution in [0.15, 0.2) is 48.8 Å². The molecule has 134 valence electrons. The Bertz CT molecular complexity index is 780. The number of rotatable bonds is 6. The Morgan fingerprint density at radius 1 is 1.00 bits per heavy atom. The first kappa shape index (κ1) is 17.7. The van der Waals surface area contributed by atoms with E-state index in [2.05, 4.69) is 4.98 Å². The van der Waals surface area contributed by atoms with E-state index in [4.69, 9.17) is 0 Å². The van der Waals surface area contributed by atoms with Crippen molar-refractivity contribution in [3.8, 4) is 0 Å². The largest absolute Gasteiger partial charge is 0.367 e. The van der Waals surface area contributed by atoms with Crippen LogP contribution in [0.2, 0.25) is 0 Å². The third-order valence-electron chi connectivity index (χ3n) is 4.49. The van der Waals surface area contributed by atoms with Crippen LogP contribution in [-0.2, 0) is 27.7 Å². The molecule has 1 fully saturated rings. The Hall–Kier alpha value is -2.12. The molecule has 3 rings (SSSR count). The van der Waals surface area contributed by atoms with Crippen LogP contribution in [0.5, 0.6) is 0 Å². The van der Waals surface area contributed by atoms with Gasteiger partial charge in [-0.3, -0.25) is 4.79 Å². The minimum Gasteiger partial charge on any atom is -0.367 e. The van der Waals surface area contributed by atoms with Gasteiger partial charge >= 0.3 is 0 Å². The van der Waals surface area contributed by atoms with Crippen LogP contribution in [0, 0.1) is 0 Å². The maximum Gasteiger partial charge on any atom is 0.227 e. The SMILES string of the molecule is O=C(Cc1cc[nH]c1)N1CCN(S(=O)(=O)CCc2ccccc2)CC1. The second kappa shape index (κ2) is 7.84. The molecule has 0 unspecified atom stereocenters. The van der Waals surface area contributed by atoms with Crippen molar-refractivity contribution in [2.75, 3.05) is 31.9 Å². The summed E-state index contributed by atoms with van der Waals surface area (Å²) in [6.45, 7) is 1.65. The zero-order valence-electron chi connectivity index (χ0n) is 14.1. The summed E-state index contributed by atoms with van der Waals surface area (Å²) in [5.41, 5.74) is 1.97. The van der Waals surface area contributed by atoms with Crippen LogP contribution in [-0.4, -0.2) is 60.4 Å². The lowest BCUT2D eigenvalue weighted by Gasteiger charge is -2.34. The zero-order chi connectivity index (χ0) is 17.7. The van der Waals surface area contributed by atoms with Crippen molar-refractivity contribution >= 4 is 15.9 Å². The van der Waals surface area contributed by atoms with Crippen molar-refractivity contribution in [3.05, 3.63) is 59.9 Å². The Kier molecular flexibility index (Phi) is 5.55. The van der Waals surface area contributed by atoms with Gasteiger partial charge in [0.1, 0.15) is 0 Å². The second-order valence-corrected chi connectivity index (χ2v) is 8.32. The monoisotopic (exact) mass is 361 g/mol.